The molecule has 2 heterocycles. The van der Waals surface area contributed by atoms with Crippen LogP contribution in [0.4, 0.5) is 5.69 Å². The molecular weight excluding hydrogens is 322 g/mol. The molecule has 8 nitrogen and oxygen atoms in total. The monoisotopic (exact) mass is 349 g/mol. The van der Waals surface area contributed by atoms with E-state index in [4.69, 9.17) is 4.74 Å². The van der Waals surface area contributed by atoms with Gasteiger partial charge in [0.15, 0.2) is 11.5 Å². The maximum Gasteiger partial charge on any atom is 0.242 e. The van der Waals surface area contributed by atoms with Gasteiger partial charge in [0.05, 0.1) is 19.8 Å². The number of hydrogen-bond acceptors (Lipinski definition) is 7. The van der Waals surface area contributed by atoms with E-state index < -0.39 is 0 Å². The minimum absolute atomic E-state index is 0.0775. The fourth-order valence-electron chi connectivity index (χ4n) is 3.27. The molecule has 1 unspecified atom stereocenters. The molecule has 0 saturated carbocycles. The summed E-state index contributed by atoms with van der Waals surface area (Å²) in [4.78, 5) is 16.9. The lowest BCUT2D eigenvalue weighted by Crippen LogP contribution is -2.62. The number of anilines is 1. The van der Waals surface area contributed by atoms with Gasteiger partial charge in [-0.2, -0.15) is 0 Å². The van der Waals surface area contributed by atoms with E-state index >= 15 is 0 Å². The molecule has 1 amide bonds. The summed E-state index contributed by atoms with van der Waals surface area (Å²) in [5.74, 6) is 0.549. The molecule has 2 fully saturated rings. The molecule has 138 valence electrons. The molecule has 8 heteroatoms. The maximum absolute atomic E-state index is 12.5. The number of phenolic OH excluding ortho intramolecular Hbond substituents is 1. The molecule has 2 aliphatic rings. The summed E-state index contributed by atoms with van der Waals surface area (Å²) in [6, 6.07) is 4.97. The van der Waals surface area contributed by atoms with Crippen molar-refractivity contribution in [2.75, 3.05) is 64.8 Å². The Balaban J connectivity index is 1.52. The van der Waals surface area contributed by atoms with Crippen molar-refractivity contribution in [3.8, 4) is 11.5 Å². The Kier molecular flexibility index (Phi) is 5.95. The summed E-state index contributed by atoms with van der Waals surface area (Å²) in [6.45, 7) is 6.47. The van der Waals surface area contributed by atoms with Crippen molar-refractivity contribution in [1.82, 2.24) is 20.4 Å². The van der Waals surface area contributed by atoms with E-state index in [-0.39, 0.29) is 24.4 Å². The highest BCUT2D eigenvalue weighted by molar-refractivity contribution is 5.81. The van der Waals surface area contributed by atoms with E-state index in [0.717, 1.165) is 45.0 Å². The summed E-state index contributed by atoms with van der Waals surface area (Å²) in [5, 5.41) is 19.6. The summed E-state index contributed by atoms with van der Waals surface area (Å²) in [6.07, 6.45) is 0.230. The molecule has 1 aromatic rings. The van der Waals surface area contributed by atoms with Crippen molar-refractivity contribution in [1.29, 1.82) is 0 Å². The third kappa shape index (κ3) is 4.53. The van der Waals surface area contributed by atoms with Gasteiger partial charge in [0, 0.05) is 57.6 Å². The number of benzene rings is 1. The highest BCUT2D eigenvalue weighted by Crippen LogP contribution is 2.28. The quantitative estimate of drug-likeness (QED) is 0.532. The van der Waals surface area contributed by atoms with Crippen LogP contribution in [-0.4, -0.2) is 86.4 Å². The predicted molar refractivity (Wildman–Crippen MR) is 96.0 cm³/mol. The highest BCUT2D eigenvalue weighted by Gasteiger charge is 2.27. The number of ether oxygens (including phenoxy) is 1. The molecule has 2 aliphatic heterocycles. The first kappa shape index (κ1) is 17.8. The minimum atomic E-state index is 0.0775. The Labute approximate surface area is 148 Å². The average molecular weight is 349 g/mol. The average Bonchev–Trinajstić information content (AvgIpc) is 2.68. The lowest BCUT2D eigenvalue weighted by molar-refractivity contribution is -0.131. The van der Waals surface area contributed by atoms with E-state index in [0.29, 0.717) is 12.3 Å². The van der Waals surface area contributed by atoms with Gasteiger partial charge >= 0.3 is 0 Å². The van der Waals surface area contributed by atoms with Gasteiger partial charge in [0.1, 0.15) is 0 Å². The number of rotatable bonds is 5. The second kappa shape index (κ2) is 8.37. The van der Waals surface area contributed by atoms with Gasteiger partial charge in [-0.1, -0.05) is 0 Å². The SMILES string of the molecule is COc1cc(NCC(=O)N2CCNC(N3CCNCC3)C2)ccc1O. The third-order valence-corrected chi connectivity index (χ3v) is 4.72. The number of aromatic hydroxyl groups is 1. The molecule has 1 atom stereocenters. The van der Waals surface area contributed by atoms with Crippen LogP contribution in [0.5, 0.6) is 11.5 Å². The molecule has 0 aromatic heterocycles. The Morgan fingerprint density at radius 3 is 2.88 bits per heavy atom. The van der Waals surface area contributed by atoms with Gasteiger partial charge in [-0.25, -0.2) is 0 Å². The second-order valence-electron chi connectivity index (χ2n) is 6.34. The normalized spacial score (nSPS) is 21.8. The highest BCUT2D eigenvalue weighted by atomic mass is 16.5. The van der Waals surface area contributed by atoms with E-state index in [9.17, 15) is 9.90 Å². The summed E-state index contributed by atoms with van der Waals surface area (Å²) in [5.41, 5.74) is 0.747. The van der Waals surface area contributed by atoms with Crippen LogP contribution < -0.4 is 20.7 Å². The molecule has 25 heavy (non-hydrogen) atoms. The first-order valence-electron chi connectivity index (χ1n) is 8.74. The number of carbonyl (C=O) groups is 1. The number of nitrogens with one attached hydrogen (secondary N) is 3. The first-order chi connectivity index (χ1) is 12.2. The fourth-order valence-corrected chi connectivity index (χ4v) is 3.27. The Morgan fingerprint density at radius 1 is 1.32 bits per heavy atom. The van der Waals surface area contributed by atoms with Crippen LogP contribution >= 0.6 is 0 Å². The number of phenols is 1. The molecule has 0 radical (unpaired) electrons. The van der Waals surface area contributed by atoms with Crippen LogP contribution in [-0.2, 0) is 4.79 Å². The van der Waals surface area contributed by atoms with E-state index in [1.807, 2.05) is 4.90 Å². The third-order valence-electron chi connectivity index (χ3n) is 4.72. The van der Waals surface area contributed by atoms with Crippen LogP contribution in [0.25, 0.3) is 0 Å². The van der Waals surface area contributed by atoms with Crippen molar-refractivity contribution in [2.45, 2.75) is 6.17 Å². The minimum Gasteiger partial charge on any atom is -0.504 e. The molecule has 0 spiro atoms. The zero-order chi connectivity index (χ0) is 17.6. The van der Waals surface area contributed by atoms with Crippen LogP contribution in [0.3, 0.4) is 0 Å². The topological polar surface area (TPSA) is 89.1 Å². The van der Waals surface area contributed by atoms with Crippen molar-refractivity contribution in [3.05, 3.63) is 18.2 Å². The molecular formula is C17H27N5O3. The van der Waals surface area contributed by atoms with E-state index in [1.165, 1.54) is 7.11 Å². The maximum atomic E-state index is 12.5. The van der Waals surface area contributed by atoms with Crippen LogP contribution in [0, 0.1) is 0 Å². The Morgan fingerprint density at radius 2 is 2.12 bits per heavy atom. The Hall–Kier alpha value is -2.03. The zero-order valence-corrected chi connectivity index (χ0v) is 14.6. The van der Waals surface area contributed by atoms with Gasteiger partial charge in [0.2, 0.25) is 5.91 Å². The summed E-state index contributed by atoms with van der Waals surface area (Å²) in [7, 11) is 1.50. The lowest BCUT2D eigenvalue weighted by atomic mass is 10.2. The largest absolute Gasteiger partial charge is 0.504 e. The molecule has 3 rings (SSSR count). The van der Waals surface area contributed by atoms with Crippen molar-refractivity contribution in [3.63, 3.8) is 0 Å². The van der Waals surface area contributed by atoms with E-state index in [1.54, 1.807) is 18.2 Å². The second-order valence-corrected chi connectivity index (χ2v) is 6.34. The first-order valence-corrected chi connectivity index (χ1v) is 8.74. The van der Waals surface area contributed by atoms with Gasteiger partial charge in [-0.3, -0.25) is 15.0 Å². The molecule has 4 N–H and O–H groups in total. The molecule has 0 aliphatic carbocycles. The predicted octanol–water partition coefficient (Wildman–Crippen LogP) is -0.524. The van der Waals surface area contributed by atoms with Crippen LogP contribution in [0.2, 0.25) is 0 Å². The number of amides is 1. The molecule has 1 aromatic carbocycles. The number of carbonyl (C=O) groups excluding carboxylic acids is 1. The summed E-state index contributed by atoms with van der Waals surface area (Å²) >= 11 is 0. The lowest BCUT2D eigenvalue weighted by Gasteiger charge is -2.41. The van der Waals surface area contributed by atoms with Crippen LogP contribution in [0.1, 0.15) is 0 Å². The van der Waals surface area contributed by atoms with Crippen molar-refractivity contribution in [2.24, 2.45) is 0 Å². The number of nitrogens with zero attached hydrogens (tertiary/aromatic N) is 2. The smallest absolute Gasteiger partial charge is 0.242 e. The van der Waals surface area contributed by atoms with Gasteiger partial charge in [0.25, 0.3) is 0 Å². The number of piperazine rings is 2. The molecule has 0 bridgehead atoms. The van der Waals surface area contributed by atoms with Gasteiger partial charge < -0.3 is 25.4 Å². The zero-order valence-electron chi connectivity index (χ0n) is 14.6. The van der Waals surface area contributed by atoms with Gasteiger partial charge in [-0.05, 0) is 12.1 Å². The van der Waals surface area contributed by atoms with E-state index in [2.05, 4.69) is 20.9 Å². The molecule has 2 saturated heterocycles. The summed E-state index contributed by atoms with van der Waals surface area (Å²) < 4.78 is 5.09. The van der Waals surface area contributed by atoms with Crippen LogP contribution in [0.15, 0.2) is 18.2 Å². The fraction of sp³-hybridized carbons (Fsp3) is 0.588. The van der Waals surface area contributed by atoms with Crippen molar-refractivity contribution >= 4 is 11.6 Å². The van der Waals surface area contributed by atoms with Gasteiger partial charge in [-0.15, -0.1) is 0 Å². The number of methoxy groups -OCH3 is 1. The Bertz CT molecular complexity index is 592. The standard InChI is InChI=1S/C17H27N5O3/c1-25-15-10-13(2-3-14(15)23)20-11-17(24)22-9-6-19-16(12-22)21-7-4-18-5-8-21/h2-3,10,16,18-20,23H,4-9,11-12H2,1H3. The van der Waals surface area contributed by atoms with Crippen molar-refractivity contribution < 1.29 is 14.6 Å². The number of hydrogen-bond donors (Lipinski definition) is 4.